The standard InChI is InChI=1S/C13H15NO2S/c15-12(13-7-4-8-17-13)9-14-16-10-11-5-2-1-3-6-11/h1-8,12,14-15H,9-10H2. The molecule has 90 valence electrons. The summed E-state index contributed by atoms with van der Waals surface area (Å²) >= 11 is 1.54. The SMILES string of the molecule is OC(CNOCc1ccccc1)c1cccs1. The van der Waals surface area contributed by atoms with Crippen molar-refractivity contribution >= 4 is 11.3 Å². The molecule has 2 rings (SSSR count). The number of rotatable bonds is 6. The summed E-state index contributed by atoms with van der Waals surface area (Å²) in [6, 6.07) is 13.7. The molecular weight excluding hydrogens is 234 g/mol. The third-order valence-electron chi connectivity index (χ3n) is 2.33. The Morgan fingerprint density at radius 2 is 2.00 bits per heavy atom. The van der Waals surface area contributed by atoms with Crippen LogP contribution in [0.1, 0.15) is 16.5 Å². The number of thiophene rings is 1. The molecular formula is C13H15NO2S. The van der Waals surface area contributed by atoms with Gasteiger partial charge in [0.15, 0.2) is 0 Å². The Hall–Kier alpha value is -1.20. The van der Waals surface area contributed by atoms with Crippen LogP contribution >= 0.6 is 11.3 Å². The average molecular weight is 249 g/mol. The lowest BCUT2D eigenvalue weighted by Gasteiger charge is -2.10. The van der Waals surface area contributed by atoms with Crippen LogP contribution in [0.15, 0.2) is 47.8 Å². The first-order valence-corrected chi connectivity index (χ1v) is 6.34. The van der Waals surface area contributed by atoms with E-state index in [9.17, 15) is 5.11 Å². The first kappa shape index (κ1) is 12.3. The van der Waals surface area contributed by atoms with Gasteiger partial charge in [-0.25, -0.2) is 0 Å². The molecule has 1 unspecified atom stereocenters. The maximum Gasteiger partial charge on any atom is 0.103 e. The molecule has 4 heteroatoms. The van der Waals surface area contributed by atoms with Crippen molar-refractivity contribution < 1.29 is 9.94 Å². The first-order valence-electron chi connectivity index (χ1n) is 5.46. The normalized spacial score (nSPS) is 12.5. The Morgan fingerprint density at radius 3 is 2.71 bits per heavy atom. The smallest absolute Gasteiger partial charge is 0.103 e. The quantitative estimate of drug-likeness (QED) is 0.610. The second-order valence-corrected chi connectivity index (χ2v) is 4.63. The van der Waals surface area contributed by atoms with E-state index in [0.717, 1.165) is 10.4 Å². The van der Waals surface area contributed by atoms with Gasteiger partial charge in [-0.2, -0.15) is 5.48 Å². The van der Waals surface area contributed by atoms with Crippen molar-refractivity contribution in [2.24, 2.45) is 0 Å². The van der Waals surface area contributed by atoms with Gasteiger partial charge in [-0.15, -0.1) is 11.3 Å². The van der Waals surface area contributed by atoms with Crippen LogP contribution in [0.2, 0.25) is 0 Å². The minimum Gasteiger partial charge on any atom is -0.386 e. The summed E-state index contributed by atoms with van der Waals surface area (Å²) in [5.41, 5.74) is 3.88. The molecule has 0 aliphatic rings. The second kappa shape index (κ2) is 6.51. The van der Waals surface area contributed by atoms with Crippen molar-refractivity contribution in [2.45, 2.75) is 12.7 Å². The molecule has 2 N–H and O–H groups in total. The van der Waals surface area contributed by atoms with Crippen molar-refractivity contribution in [1.82, 2.24) is 5.48 Å². The Kier molecular flexibility index (Phi) is 4.70. The maximum absolute atomic E-state index is 9.77. The Labute approximate surface area is 105 Å². The lowest BCUT2D eigenvalue weighted by Crippen LogP contribution is -2.21. The van der Waals surface area contributed by atoms with Crippen molar-refractivity contribution in [3.05, 3.63) is 58.3 Å². The van der Waals surface area contributed by atoms with E-state index >= 15 is 0 Å². The van der Waals surface area contributed by atoms with E-state index in [4.69, 9.17) is 4.84 Å². The number of benzene rings is 1. The maximum atomic E-state index is 9.77. The van der Waals surface area contributed by atoms with Crippen LogP contribution in [-0.2, 0) is 11.4 Å². The molecule has 0 aliphatic heterocycles. The van der Waals surface area contributed by atoms with Gasteiger partial charge < -0.3 is 5.11 Å². The van der Waals surface area contributed by atoms with Crippen LogP contribution in [0.25, 0.3) is 0 Å². The minimum absolute atomic E-state index is 0.396. The van der Waals surface area contributed by atoms with E-state index in [-0.39, 0.29) is 0 Å². The highest BCUT2D eigenvalue weighted by atomic mass is 32.1. The number of aliphatic hydroxyl groups is 1. The minimum atomic E-state index is -0.509. The number of hydrogen-bond donors (Lipinski definition) is 2. The first-order chi connectivity index (χ1) is 8.36. The number of nitrogens with one attached hydrogen (secondary N) is 1. The lowest BCUT2D eigenvalue weighted by atomic mass is 10.2. The van der Waals surface area contributed by atoms with Crippen molar-refractivity contribution in [3.63, 3.8) is 0 Å². The fourth-order valence-corrected chi connectivity index (χ4v) is 2.14. The highest BCUT2D eigenvalue weighted by Crippen LogP contribution is 2.17. The van der Waals surface area contributed by atoms with Gasteiger partial charge in [-0.3, -0.25) is 4.84 Å². The third-order valence-corrected chi connectivity index (χ3v) is 3.31. The Morgan fingerprint density at radius 1 is 1.18 bits per heavy atom. The zero-order valence-corrected chi connectivity index (χ0v) is 10.2. The molecule has 0 amide bonds. The molecule has 1 aromatic heterocycles. The molecule has 1 heterocycles. The van der Waals surface area contributed by atoms with E-state index in [1.54, 1.807) is 0 Å². The largest absolute Gasteiger partial charge is 0.386 e. The summed E-state index contributed by atoms with van der Waals surface area (Å²) in [6.07, 6.45) is -0.509. The predicted molar refractivity (Wildman–Crippen MR) is 68.5 cm³/mol. The summed E-state index contributed by atoms with van der Waals surface area (Å²) in [5, 5.41) is 11.7. The summed E-state index contributed by atoms with van der Waals surface area (Å²) in [6.45, 7) is 0.894. The van der Waals surface area contributed by atoms with Crippen LogP contribution in [0.4, 0.5) is 0 Å². The highest BCUT2D eigenvalue weighted by molar-refractivity contribution is 7.10. The van der Waals surface area contributed by atoms with Gasteiger partial charge >= 0.3 is 0 Å². The van der Waals surface area contributed by atoms with E-state index in [0.29, 0.717) is 13.2 Å². The fraction of sp³-hybridized carbons (Fsp3) is 0.231. The Balaban J connectivity index is 1.67. The van der Waals surface area contributed by atoms with E-state index in [1.807, 2.05) is 47.8 Å². The number of hydrogen-bond acceptors (Lipinski definition) is 4. The molecule has 3 nitrogen and oxygen atoms in total. The zero-order valence-electron chi connectivity index (χ0n) is 9.37. The van der Waals surface area contributed by atoms with Crippen LogP contribution in [0, 0.1) is 0 Å². The molecule has 17 heavy (non-hydrogen) atoms. The van der Waals surface area contributed by atoms with Gasteiger partial charge in [0, 0.05) is 4.88 Å². The van der Waals surface area contributed by atoms with Crippen LogP contribution in [-0.4, -0.2) is 11.7 Å². The number of aliphatic hydroxyl groups excluding tert-OH is 1. The van der Waals surface area contributed by atoms with E-state index in [2.05, 4.69) is 5.48 Å². The Bertz CT molecular complexity index is 416. The molecule has 0 saturated heterocycles. The van der Waals surface area contributed by atoms with Crippen LogP contribution in [0.5, 0.6) is 0 Å². The van der Waals surface area contributed by atoms with Crippen molar-refractivity contribution in [2.75, 3.05) is 6.54 Å². The van der Waals surface area contributed by atoms with Gasteiger partial charge in [0.1, 0.15) is 6.10 Å². The van der Waals surface area contributed by atoms with Crippen molar-refractivity contribution in [3.8, 4) is 0 Å². The summed E-state index contributed by atoms with van der Waals surface area (Å²) in [5.74, 6) is 0. The van der Waals surface area contributed by atoms with Gasteiger partial charge in [-0.1, -0.05) is 36.4 Å². The van der Waals surface area contributed by atoms with Gasteiger partial charge in [0.25, 0.3) is 0 Å². The molecule has 0 spiro atoms. The van der Waals surface area contributed by atoms with Gasteiger partial charge in [0.2, 0.25) is 0 Å². The molecule has 2 aromatic rings. The highest BCUT2D eigenvalue weighted by Gasteiger charge is 2.07. The molecule has 1 atom stereocenters. The van der Waals surface area contributed by atoms with Crippen molar-refractivity contribution in [1.29, 1.82) is 0 Å². The van der Waals surface area contributed by atoms with E-state index in [1.165, 1.54) is 11.3 Å². The van der Waals surface area contributed by atoms with Gasteiger partial charge in [-0.05, 0) is 17.0 Å². The molecule has 0 radical (unpaired) electrons. The topological polar surface area (TPSA) is 41.5 Å². The molecule has 0 bridgehead atoms. The molecule has 0 fully saturated rings. The predicted octanol–water partition coefficient (Wildman–Crippen LogP) is 2.50. The second-order valence-electron chi connectivity index (χ2n) is 3.65. The van der Waals surface area contributed by atoms with Gasteiger partial charge in [0.05, 0.1) is 13.2 Å². The van der Waals surface area contributed by atoms with Crippen LogP contribution < -0.4 is 5.48 Å². The summed E-state index contributed by atoms with van der Waals surface area (Å²) in [4.78, 5) is 6.23. The van der Waals surface area contributed by atoms with Crippen LogP contribution in [0.3, 0.4) is 0 Å². The molecule has 0 saturated carbocycles. The summed E-state index contributed by atoms with van der Waals surface area (Å²) < 4.78 is 0. The number of hydroxylamine groups is 1. The fourth-order valence-electron chi connectivity index (χ4n) is 1.43. The molecule has 0 aliphatic carbocycles. The lowest BCUT2D eigenvalue weighted by molar-refractivity contribution is 0.00333. The monoisotopic (exact) mass is 249 g/mol. The average Bonchev–Trinajstić information content (AvgIpc) is 2.89. The third kappa shape index (κ3) is 3.94. The summed E-state index contributed by atoms with van der Waals surface area (Å²) in [7, 11) is 0. The van der Waals surface area contributed by atoms with E-state index < -0.39 is 6.10 Å². The molecule has 1 aromatic carbocycles. The zero-order chi connectivity index (χ0) is 11.9.